The van der Waals surface area contributed by atoms with Crippen LogP contribution in [0.4, 0.5) is 0 Å². The van der Waals surface area contributed by atoms with E-state index >= 15 is 0 Å². The molecule has 2 aromatic carbocycles. The number of halogens is 1. The molecule has 8 heteroatoms. The van der Waals surface area contributed by atoms with Gasteiger partial charge in [0.25, 0.3) is 0 Å². The van der Waals surface area contributed by atoms with Crippen LogP contribution in [0, 0.1) is 0 Å². The summed E-state index contributed by atoms with van der Waals surface area (Å²) in [5.41, 5.74) is 0.680. The Kier molecular flexibility index (Phi) is 7.33. The number of carbonyl (C=O) groups is 1. The van der Waals surface area contributed by atoms with Crippen LogP contribution in [-0.4, -0.2) is 33.4 Å². The van der Waals surface area contributed by atoms with E-state index in [2.05, 4.69) is 26.1 Å². The topological polar surface area (TPSA) is 66.2 Å². The minimum atomic E-state index is -0.285. The molecule has 0 saturated carbocycles. The van der Waals surface area contributed by atoms with E-state index in [0.29, 0.717) is 23.0 Å². The number of ether oxygens (including phenoxy) is 2. The van der Waals surface area contributed by atoms with Gasteiger partial charge in [0.1, 0.15) is 11.5 Å². The molecule has 3 aromatic rings. The molecule has 152 valence electrons. The molecule has 3 rings (SSSR count). The van der Waals surface area contributed by atoms with Crippen LogP contribution in [0.2, 0.25) is 0 Å². The lowest BCUT2D eigenvalue weighted by Gasteiger charge is -2.15. The van der Waals surface area contributed by atoms with Crippen LogP contribution >= 0.6 is 27.7 Å². The van der Waals surface area contributed by atoms with Crippen molar-refractivity contribution < 1.29 is 14.3 Å². The van der Waals surface area contributed by atoms with E-state index in [4.69, 9.17) is 9.47 Å². The third-order valence-corrected chi connectivity index (χ3v) is 5.79. The fourth-order valence-electron chi connectivity index (χ4n) is 2.77. The zero-order valence-corrected chi connectivity index (χ0v) is 18.9. The second-order valence-corrected chi connectivity index (χ2v) is 8.10. The number of hydrogen-bond acceptors (Lipinski definition) is 6. The Labute approximate surface area is 182 Å². The summed E-state index contributed by atoms with van der Waals surface area (Å²) >= 11 is 4.76. The van der Waals surface area contributed by atoms with Crippen LogP contribution in [0.25, 0.3) is 0 Å². The van der Waals surface area contributed by atoms with E-state index in [1.807, 2.05) is 66.9 Å². The van der Waals surface area contributed by atoms with E-state index in [9.17, 15) is 4.79 Å². The molecule has 0 aliphatic rings. The summed E-state index contributed by atoms with van der Waals surface area (Å²) in [6.07, 6.45) is -0.285. The molecule has 0 saturated heterocycles. The zero-order valence-electron chi connectivity index (χ0n) is 16.5. The summed E-state index contributed by atoms with van der Waals surface area (Å²) in [6.45, 7) is 4.64. The van der Waals surface area contributed by atoms with Gasteiger partial charge < -0.3 is 14.0 Å². The first-order valence-electron chi connectivity index (χ1n) is 9.17. The fourth-order valence-corrected chi connectivity index (χ4v) is 3.93. The molecule has 0 bridgehead atoms. The number of nitrogens with zero attached hydrogens (tertiary/aromatic N) is 3. The number of carbonyl (C=O) groups excluding carboxylic acids is 1. The Hall–Kier alpha value is -2.32. The highest BCUT2D eigenvalue weighted by molar-refractivity contribution is 9.10. The normalized spacial score (nSPS) is 11.9. The maximum atomic E-state index is 12.4. The van der Waals surface area contributed by atoms with Crippen molar-refractivity contribution in [2.75, 3.05) is 12.9 Å². The molecule has 29 heavy (non-hydrogen) atoms. The summed E-state index contributed by atoms with van der Waals surface area (Å²) in [4.78, 5) is 12.4. The first kappa shape index (κ1) is 21.4. The summed E-state index contributed by atoms with van der Waals surface area (Å²) in [5, 5.41) is 9.28. The highest BCUT2D eigenvalue weighted by Crippen LogP contribution is 2.26. The Balaban J connectivity index is 1.67. The minimum Gasteiger partial charge on any atom is -0.497 e. The maximum absolute atomic E-state index is 12.4. The van der Waals surface area contributed by atoms with Crippen LogP contribution in [0.3, 0.4) is 0 Å². The van der Waals surface area contributed by atoms with Gasteiger partial charge in [0.15, 0.2) is 22.9 Å². The number of thioether (sulfide) groups is 1. The van der Waals surface area contributed by atoms with Crippen LogP contribution in [0.15, 0.2) is 58.2 Å². The first-order chi connectivity index (χ1) is 14.0. The van der Waals surface area contributed by atoms with Crippen molar-refractivity contribution >= 4 is 33.5 Å². The standard InChI is InChI=1S/C21H22BrN3O3S/c1-4-25-20(14(2)28-18-11-9-17(27-3)10-12-18)23-24-21(25)29-13-19(26)15-5-7-16(22)8-6-15/h5-12,14H,4,13H2,1-3H3. The summed E-state index contributed by atoms with van der Waals surface area (Å²) in [7, 11) is 1.63. The maximum Gasteiger partial charge on any atom is 0.191 e. The molecule has 6 nitrogen and oxygen atoms in total. The molecule has 1 aromatic heterocycles. The van der Waals surface area contributed by atoms with Crippen LogP contribution < -0.4 is 9.47 Å². The average molecular weight is 476 g/mol. The lowest BCUT2D eigenvalue weighted by molar-refractivity contribution is 0.102. The van der Waals surface area contributed by atoms with Gasteiger partial charge in [-0.3, -0.25) is 4.79 Å². The molecule has 1 unspecified atom stereocenters. The van der Waals surface area contributed by atoms with Gasteiger partial charge in [-0.1, -0.05) is 39.8 Å². The quantitative estimate of drug-likeness (QED) is 0.313. The molecule has 0 N–H and O–H groups in total. The van der Waals surface area contributed by atoms with E-state index in [1.165, 1.54) is 11.8 Å². The smallest absolute Gasteiger partial charge is 0.191 e. The lowest BCUT2D eigenvalue weighted by atomic mass is 10.2. The van der Waals surface area contributed by atoms with Crippen molar-refractivity contribution in [1.29, 1.82) is 0 Å². The van der Waals surface area contributed by atoms with E-state index < -0.39 is 0 Å². The van der Waals surface area contributed by atoms with Crippen molar-refractivity contribution in [2.24, 2.45) is 0 Å². The summed E-state index contributed by atoms with van der Waals surface area (Å²) < 4.78 is 14.1. The van der Waals surface area contributed by atoms with Crippen molar-refractivity contribution in [1.82, 2.24) is 14.8 Å². The molecular formula is C21H22BrN3O3S. The van der Waals surface area contributed by atoms with Gasteiger partial charge in [-0.25, -0.2) is 0 Å². The number of Topliss-reactive ketones (excluding diaryl/α,β-unsaturated/α-hetero) is 1. The summed E-state index contributed by atoms with van der Waals surface area (Å²) in [5.74, 6) is 2.58. The number of hydrogen-bond donors (Lipinski definition) is 0. The van der Waals surface area contributed by atoms with Gasteiger partial charge in [-0.2, -0.15) is 0 Å². The Bertz CT molecular complexity index is 958. The highest BCUT2D eigenvalue weighted by Gasteiger charge is 2.19. The van der Waals surface area contributed by atoms with Crippen molar-refractivity contribution in [3.05, 3.63) is 64.4 Å². The van der Waals surface area contributed by atoms with Gasteiger partial charge in [0, 0.05) is 16.6 Å². The third kappa shape index (κ3) is 5.39. The van der Waals surface area contributed by atoms with E-state index in [1.54, 1.807) is 7.11 Å². The molecular weight excluding hydrogens is 454 g/mol. The third-order valence-electron chi connectivity index (χ3n) is 4.30. The molecule has 0 fully saturated rings. The van der Waals surface area contributed by atoms with Gasteiger partial charge >= 0.3 is 0 Å². The summed E-state index contributed by atoms with van der Waals surface area (Å²) in [6, 6.07) is 14.8. The zero-order chi connectivity index (χ0) is 20.8. The first-order valence-corrected chi connectivity index (χ1v) is 10.9. The van der Waals surface area contributed by atoms with Crippen LogP contribution in [0.5, 0.6) is 11.5 Å². The second-order valence-electron chi connectivity index (χ2n) is 6.24. The Morgan fingerprint density at radius 3 is 2.38 bits per heavy atom. The average Bonchev–Trinajstić information content (AvgIpc) is 3.16. The molecule has 1 atom stereocenters. The fraction of sp³-hybridized carbons (Fsp3) is 0.286. The van der Waals surface area contributed by atoms with Gasteiger partial charge in [0.2, 0.25) is 0 Å². The molecule has 0 radical (unpaired) electrons. The van der Waals surface area contributed by atoms with Gasteiger partial charge in [0.05, 0.1) is 12.9 Å². The molecule has 0 aliphatic heterocycles. The molecule has 0 aliphatic carbocycles. The predicted octanol–water partition coefficient (Wildman–Crippen LogP) is 5.18. The number of aromatic nitrogens is 3. The van der Waals surface area contributed by atoms with Crippen molar-refractivity contribution in [2.45, 2.75) is 31.7 Å². The van der Waals surface area contributed by atoms with Crippen molar-refractivity contribution in [3.63, 3.8) is 0 Å². The van der Waals surface area contributed by atoms with Gasteiger partial charge in [-0.05, 0) is 50.2 Å². The monoisotopic (exact) mass is 475 g/mol. The largest absolute Gasteiger partial charge is 0.497 e. The lowest BCUT2D eigenvalue weighted by Crippen LogP contribution is -2.12. The van der Waals surface area contributed by atoms with Crippen molar-refractivity contribution in [3.8, 4) is 11.5 Å². The minimum absolute atomic E-state index is 0.0530. The van der Waals surface area contributed by atoms with Crippen LogP contribution in [-0.2, 0) is 6.54 Å². The highest BCUT2D eigenvalue weighted by atomic mass is 79.9. The number of ketones is 1. The molecule has 0 spiro atoms. The Morgan fingerprint density at radius 1 is 1.10 bits per heavy atom. The predicted molar refractivity (Wildman–Crippen MR) is 117 cm³/mol. The molecule has 1 heterocycles. The number of methoxy groups -OCH3 is 1. The van der Waals surface area contributed by atoms with Gasteiger partial charge in [-0.15, -0.1) is 10.2 Å². The van der Waals surface area contributed by atoms with Crippen LogP contribution in [0.1, 0.15) is 36.1 Å². The van der Waals surface area contributed by atoms with E-state index in [-0.39, 0.29) is 11.9 Å². The number of rotatable bonds is 9. The number of benzene rings is 2. The SMILES string of the molecule is CCn1c(SCC(=O)c2ccc(Br)cc2)nnc1C(C)Oc1ccc(OC)cc1. The molecule has 0 amide bonds. The second kappa shape index (κ2) is 9.93. The van der Waals surface area contributed by atoms with E-state index in [0.717, 1.165) is 21.8 Å². The Morgan fingerprint density at radius 2 is 1.76 bits per heavy atom.